The van der Waals surface area contributed by atoms with Crippen LogP contribution in [0.25, 0.3) is 0 Å². The summed E-state index contributed by atoms with van der Waals surface area (Å²) in [4.78, 5) is 26.9. The van der Waals surface area contributed by atoms with Crippen LogP contribution in [-0.4, -0.2) is 29.6 Å². The zero-order valence-electron chi connectivity index (χ0n) is 10.4. The van der Waals surface area contributed by atoms with E-state index in [1.807, 2.05) is 0 Å². The number of hydrazone groups is 1. The minimum absolute atomic E-state index is 0.190. The Labute approximate surface area is 114 Å². The molecule has 7 nitrogen and oxygen atoms in total. The van der Waals surface area contributed by atoms with Crippen molar-refractivity contribution >= 4 is 18.0 Å². The summed E-state index contributed by atoms with van der Waals surface area (Å²) in [6, 6.07) is 8.35. The topological polar surface area (TPSA) is 96.6 Å². The molecule has 0 aliphatic carbocycles. The van der Waals surface area contributed by atoms with Crippen LogP contribution in [0.15, 0.2) is 52.3 Å². The standard InChI is InChI=1S/C13H12N4O3/c18-12(17-16-8-10-4-3-7-20-10)9-15-13(19)11-5-1-2-6-14-11/h1-8H,9H2,(H,15,19)(H,17,18). The third-order valence-corrected chi connectivity index (χ3v) is 2.23. The first kappa shape index (κ1) is 13.5. The maximum absolute atomic E-state index is 11.6. The zero-order valence-corrected chi connectivity index (χ0v) is 10.4. The molecule has 0 aliphatic rings. The van der Waals surface area contributed by atoms with Gasteiger partial charge in [-0.15, -0.1) is 0 Å². The predicted octanol–water partition coefficient (Wildman–Crippen LogP) is 0.555. The molecule has 2 heterocycles. The fourth-order valence-corrected chi connectivity index (χ4v) is 1.32. The molecule has 2 aromatic rings. The van der Waals surface area contributed by atoms with E-state index in [9.17, 15) is 9.59 Å². The number of nitrogens with one attached hydrogen (secondary N) is 2. The van der Waals surface area contributed by atoms with Crippen molar-refractivity contribution < 1.29 is 14.0 Å². The third kappa shape index (κ3) is 4.05. The first-order valence-electron chi connectivity index (χ1n) is 5.80. The maximum atomic E-state index is 11.6. The van der Waals surface area contributed by atoms with E-state index in [0.29, 0.717) is 5.76 Å². The largest absolute Gasteiger partial charge is 0.463 e. The second kappa shape index (κ2) is 6.83. The Morgan fingerprint density at radius 3 is 2.90 bits per heavy atom. The molecule has 7 heteroatoms. The normalized spacial score (nSPS) is 10.4. The molecule has 20 heavy (non-hydrogen) atoms. The van der Waals surface area contributed by atoms with Crippen molar-refractivity contribution in [3.63, 3.8) is 0 Å². The highest BCUT2D eigenvalue weighted by Gasteiger charge is 2.07. The number of pyridine rings is 1. The highest BCUT2D eigenvalue weighted by atomic mass is 16.3. The summed E-state index contributed by atoms with van der Waals surface area (Å²) in [6.45, 7) is -0.190. The van der Waals surface area contributed by atoms with Crippen LogP contribution in [0.4, 0.5) is 0 Å². The monoisotopic (exact) mass is 272 g/mol. The van der Waals surface area contributed by atoms with Gasteiger partial charge < -0.3 is 9.73 Å². The second-order valence-electron chi connectivity index (χ2n) is 3.71. The first-order chi connectivity index (χ1) is 9.75. The van der Waals surface area contributed by atoms with Crippen molar-refractivity contribution in [1.29, 1.82) is 0 Å². The van der Waals surface area contributed by atoms with Gasteiger partial charge in [0.05, 0.1) is 19.0 Å². The Morgan fingerprint density at radius 2 is 2.20 bits per heavy atom. The summed E-state index contributed by atoms with van der Waals surface area (Å²) in [5.41, 5.74) is 2.51. The van der Waals surface area contributed by atoms with Gasteiger partial charge in [0.2, 0.25) is 0 Å². The Kier molecular flexibility index (Phi) is 4.60. The van der Waals surface area contributed by atoms with Gasteiger partial charge in [-0.25, -0.2) is 5.43 Å². The summed E-state index contributed by atoms with van der Waals surface area (Å²) in [5, 5.41) is 6.11. The second-order valence-corrected chi connectivity index (χ2v) is 3.71. The van der Waals surface area contributed by atoms with E-state index >= 15 is 0 Å². The summed E-state index contributed by atoms with van der Waals surface area (Å²) in [6.07, 6.45) is 4.36. The van der Waals surface area contributed by atoms with Crippen LogP contribution in [0.3, 0.4) is 0 Å². The number of hydrogen-bond donors (Lipinski definition) is 2. The maximum Gasteiger partial charge on any atom is 0.270 e. The molecule has 0 saturated heterocycles. The number of aromatic nitrogens is 1. The lowest BCUT2D eigenvalue weighted by Gasteiger charge is -2.02. The molecule has 0 aromatic carbocycles. The quantitative estimate of drug-likeness (QED) is 0.613. The Morgan fingerprint density at radius 1 is 1.30 bits per heavy atom. The van der Waals surface area contributed by atoms with Gasteiger partial charge in [-0.3, -0.25) is 14.6 Å². The van der Waals surface area contributed by atoms with Gasteiger partial charge in [0, 0.05) is 6.20 Å². The molecule has 0 saturated carbocycles. The predicted molar refractivity (Wildman–Crippen MR) is 71.0 cm³/mol. The van der Waals surface area contributed by atoms with Crippen LogP contribution >= 0.6 is 0 Å². The van der Waals surface area contributed by atoms with Gasteiger partial charge in [-0.1, -0.05) is 6.07 Å². The molecule has 0 aliphatic heterocycles. The molecule has 0 bridgehead atoms. The summed E-state index contributed by atoms with van der Waals surface area (Å²) < 4.78 is 4.99. The lowest BCUT2D eigenvalue weighted by molar-refractivity contribution is -0.120. The number of furan rings is 1. The fourth-order valence-electron chi connectivity index (χ4n) is 1.32. The molecule has 0 atom stereocenters. The van der Waals surface area contributed by atoms with Gasteiger partial charge in [0.25, 0.3) is 11.8 Å². The molecule has 0 spiro atoms. The van der Waals surface area contributed by atoms with Gasteiger partial charge in [-0.05, 0) is 24.3 Å². The summed E-state index contributed by atoms with van der Waals surface area (Å²) in [5.74, 6) is -0.351. The first-order valence-corrected chi connectivity index (χ1v) is 5.80. The smallest absolute Gasteiger partial charge is 0.270 e. The Bertz CT molecular complexity index is 593. The van der Waals surface area contributed by atoms with E-state index in [4.69, 9.17) is 4.42 Å². The van der Waals surface area contributed by atoms with E-state index < -0.39 is 11.8 Å². The van der Waals surface area contributed by atoms with Crippen LogP contribution in [0, 0.1) is 0 Å². The van der Waals surface area contributed by atoms with Crippen LogP contribution in [-0.2, 0) is 4.79 Å². The summed E-state index contributed by atoms with van der Waals surface area (Å²) >= 11 is 0. The van der Waals surface area contributed by atoms with Crippen LogP contribution in [0.2, 0.25) is 0 Å². The van der Waals surface area contributed by atoms with E-state index in [1.165, 1.54) is 18.7 Å². The van der Waals surface area contributed by atoms with E-state index in [1.54, 1.807) is 30.3 Å². The SMILES string of the molecule is O=C(CNC(=O)c1ccccn1)NN=Cc1ccco1. The Balaban J connectivity index is 1.74. The number of hydrogen-bond acceptors (Lipinski definition) is 5. The Hall–Kier alpha value is -2.96. The summed E-state index contributed by atoms with van der Waals surface area (Å²) in [7, 11) is 0. The molecule has 0 unspecified atom stereocenters. The zero-order chi connectivity index (χ0) is 14.2. The van der Waals surface area contributed by atoms with Gasteiger partial charge in [-0.2, -0.15) is 5.10 Å². The molecular formula is C13H12N4O3. The van der Waals surface area contributed by atoms with Crippen molar-refractivity contribution in [3.8, 4) is 0 Å². The molecular weight excluding hydrogens is 260 g/mol. The number of rotatable bonds is 5. The van der Waals surface area contributed by atoms with Gasteiger partial charge in [0.15, 0.2) is 0 Å². The number of carbonyl (C=O) groups is 2. The molecule has 2 aromatic heterocycles. The van der Waals surface area contributed by atoms with Crippen molar-refractivity contribution in [1.82, 2.24) is 15.7 Å². The lowest BCUT2D eigenvalue weighted by atomic mass is 10.3. The molecule has 102 valence electrons. The third-order valence-electron chi connectivity index (χ3n) is 2.23. The van der Waals surface area contributed by atoms with Crippen molar-refractivity contribution in [2.45, 2.75) is 0 Å². The van der Waals surface area contributed by atoms with Crippen molar-refractivity contribution in [2.24, 2.45) is 5.10 Å². The van der Waals surface area contributed by atoms with Crippen LogP contribution < -0.4 is 10.7 Å². The highest BCUT2D eigenvalue weighted by Crippen LogP contribution is 1.94. The van der Waals surface area contributed by atoms with Crippen LogP contribution in [0.5, 0.6) is 0 Å². The number of amides is 2. The minimum atomic E-state index is -0.447. The van der Waals surface area contributed by atoms with Crippen molar-refractivity contribution in [2.75, 3.05) is 6.54 Å². The lowest BCUT2D eigenvalue weighted by Crippen LogP contribution is -2.35. The molecule has 2 N–H and O–H groups in total. The number of carbonyl (C=O) groups excluding carboxylic acids is 2. The van der Waals surface area contributed by atoms with Crippen LogP contribution in [0.1, 0.15) is 16.2 Å². The van der Waals surface area contributed by atoms with Gasteiger partial charge >= 0.3 is 0 Å². The number of nitrogens with zero attached hydrogens (tertiary/aromatic N) is 2. The average Bonchev–Trinajstić information content (AvgIpc) is 2.99. The molecule has 2 amide bonds. The molecule has 2 rings (SSSR count). The van der Waals surface area contributed by atoms with E-state index in [0.717, 1.165) is 0 Å². The van der Waals surface area contributed by atoms with Gasteiger partial charge in [0.1, 0.15) is 11.5 Å². The average molecular weight is 272 g/mol. The molecule has 0 radical (unpaired) electrons. The van der Waals surface area contributed by atoms with Crippen molar-refractivity contribution in [3.05, 3.63) is 54.2 Å². The molecule has 0 fully saturated rings. The van der Waals surface area contributed by atoms with E-state index in [2.05, 4.69) is 20.8 Å². The van der Waals surface area contributed by atoms with E-state index in [-0.39, 0.29) is 12.2 Å². The minimum Gasteiger partial charge on any atom is -0.463 e. The fraction of sp³-hybridized carbons (Fsp3) is 0.0769. The highest BCUT2D eigenvalue weighted by molar-refractivity contribution is 5.94.